The molecule has 0 saturated carbocycles. The van der Waals surface area contributed by atoms with Gasteiger partial charge in [-0.3, -0.25) is 19.8 Å². The Labute approximate surface area is 190 Å². The van der Waals surface area contributed by atoms with Crippen LogP contribution in [0.2, 0.25) is 0 Å². The summed E-state index contributed by atoms with van der Waals surface area (Å²) in [5.41, 5.74) is 0.916. The average molecular weight is 472 g/mol. The third-order valence-electron chi connectivity index (χ3n) is 3.92. The number of rotatable bonds is 7. The molecule has 2 amide bonds. The van der Waals surface area contributed by atoms with E-state index in [9.17, 15) is 9.59 Å². The molecule has 0 spiro atoms. The molecule has 0 saturated heterocycles. The second kappa shape index (κ2) is 9.94. The van der Waals surface area contributed by atoms with E-state index in [0.717, 1.165) is 10.1 Å². The number of aliphatic imine (C=N–C) groups is 1. The summed E-state index contributed by atoms with van der Waals surface area (Å²) >= 11 is 4.07. The maximum atomic E-state index is 13.0. The molecule has 11 heteroatoms. The molecule has 4 rings (SSSR count). The van der Waals surface area contributed by atoms with Crippen molar-refractivity contribution in [1.29, 1.82) is 0 Å². The number of hydrogen-bond donors (Lipinski definition) is 1. The number of furan rings is 1. The van der Waals surface area contributed by atoms with Crippen molar-refractivity contribution >= 4 is 68.7 Å². The van der Waals surface area contributed by atoms with E-state index in [-0.39, 0.29) is 23.3 Å². The van der Waals surface area contributed by atoms with Crippen molar-refractivity contribution in [3.63, 3.8) is 0 Å². The van der Waals surface area contributed by atoms with Crippen molar-refractivity contribution in [2.45, 2.75) is 11.3 Å². The fraction of sp³-hybridized carbons (Fsp3) is 0.150. The van der Waals surface area contributed by atoms with Crippen LogP contribution in [0.15, 0.2) is 68.2 Å². The van der Waals surface area contributed by atoms with Gasteiger partial charge >= 0.3 is 0 Å². The van der Waals surface area contributed by atoms with Crippen molar-refractivity contribution in [1.82, 2.24) is 10.2 Å². The molecule has 2 aromatic heterocycles. The Balaban J connectivity index is 1.49. The van der Waals surface area contributed by atoms with Gasteiger partial charge < -0.3 is 4.42 Å². The molecule has 1 N–H and O–H groups in total. The Bertz CT molecular complexity index is 1130. The van der Waals surface area contributed by atoms with Crippen LogP contribution >= 0.6 is 34.9 Å². The van der Waals surface area contributed by atoms with Crippen molar-refractivity contribution in [3.8, 4) is 0 Å². The van der Waals surface area contributed by atoms with Crippen LogP contribution in [-0.2, 0) is 9.59 Å². The number of carbonyl (C=O) groups is 2. The van der Waals surface area contributed by atoms with Gasteiger partial charge in [0, 0.05) is 6.08 Å². The highest BCUT2D eigenvalue weighted by atomic mass is 32.2. The lowest BCUT2D eigenvalue weighted by atomic mass is 10.2. The number of para-hydroxylation sites is 1. The van der Waals surface area contributed by atoms with Crippen molar-refractivity contribution in [2.24, 2.45) is 4.99 Å². The number of benzene rings is 1. The first-order valence-corrected chi connectivity index (χ1v) is 12.0. The molecule has 1 aliphatic rings. The average Bonchev–Trinajstić information content (AvgIpc) is 3.50. The smallest absolute Gasteiger partial charge is 0.283 e. The van der Waals surface area contributed by atoms with Gasteiger partial charge in [-0.15, -0.1) is 10.2 Å². The van der Waals surface area contributed by atoms with Crippen LogP contribution in [0.4, 0.5) is 10.8 Å². The summed E-state index contributed by atoms with van der Waals surface area (Å²) in [6.45, 7) is 2.03. The topological polar surface area (TPSA) is 101 Å². The van der Waals surface area contributed by atoms with Crippen molar-refractivity contribution in [3.05, 3.63) is 60.2 Å². The number of hydrogen-bond acceptors (Lipinski definition) is 9. The molecule has 3 aromatic rings. The van der Waals surface area contributed by atoms with Crippen molar-refractivity contribution < 1.29 is 14.0 Å². The molecule has 1 aliphatic heterocycles. The Morgan fingerprint density at radius 3 is 2.77 bits per heavy atom. The highest BCUT2D eigenvalue weighted by Gasteiger charge is 2.32. The maximum Gasteiger partial charge on any atom is 0.283 e. The number of amides is 2. The molecule has 31 heavy (non-hydrogen) atoms. The lowest BCUT2D eigenvalue weighted by molar-refractivity contribution is -0.114. The van der Waals surface area contributed by atoms with E-state index in [1.165, 1.54) is 34.3 Å². The zero-order chi connectivity index (χ0) is 21.6. The summed E-state index contributed by atoms with van der Waals surface area (Å²) in [4.78, 5) is 31.4. The lowest BCUT2D eigenvalue weighted by Crippen LogP contribution is -2.31. The number of thioether (sulfide) groups is 2. The number of anilines is 2. The molecule has 3 heterocycles. The Hall–Kier alpha value is -2.89. The second-order valence-electron chi connectivity index (χ2n) is 6.06. The van der Waals surface area contributed by atoms with Crippen LogP contribution in [0.25, 0.3) is 6.08 Å². The molecule has 158 valence electrons. The van der Waals surface area contributed by atoms with E-state index >= 15 is 0 Å². The normalized spacial score (nSPS) is 14.9. The van der Waals surface area contributed by atoms with E-state index in [1.807, 2.05) is 37.3 Å². The van der Waals surface area contributed by atoms with Gasteiger partial charge in [-0.05, 0) is 30.0 Å². The Morgan fingerprint density at radius 1 is 1.19 bits per heavy atom. The van der Waals surface area contributed by atoms with E-state index in [2.05, 4.69) is 20.5 Å². The number of nitrogens with one attached hydrogen (secondary N) is 1. The molecule has 1 aromatic carbocycles. The molecular weight excluding hydrogens is 454 g/mol. The third kappa shape index (κ3) is 5.24. The highest BCUT2D eigenvalue weighted by molar-refractivity contribution is 8.14. The van der Waals surface area contributed by atoms with Gasteiger partial charge in [0.05, 0.1) is 17.7 Å². The van der Waals surface area contributed by atoms with Gasteiger partial charge in [-0.25, -0.2) is 4.99 Å². The first-order valence-electron chi connectivity index (χ1n) is 9.26. The summed E-state index contributed by atoms with van der Waals surface area (Å²) < 4.78 is 6.11. The van der Waals surface area contributed by atoms with E-state index in [4.69, 9.17) is 4.42 Å². The molecule has 0 aliphatic carbocycles. The first-order chi connectivity index (χ1) is 15.1. The van der Waals surface area contributed by atoms with Crippen LogP contribution in [-0.4, -0.2) is 38.7 Å². The van der Waals surface area contributed by atoms with Gasteiger partial charge in [-0.1, -0.05) is 60.0 Å². The standard InChI is InChI=1S/C20H17N5O3S3/c1-2-29-20-24-23-18(31-20)22-16(26)12-30-19-21-15(11-14-9-6-10-28-14)17(27)25(19)13-7-4-3-5-8-13/h3-11H,2,12H2,1H3,(H,22,23,26)/b15-11+. The minimum absolute atomic E-state index is 0.0688. The molecule has 0 atom stereocenters. The fourth-order valence-corrected chi connectivity index (χ4v) is 5.11. The second-order valence-corrected chi connectivity index (χ2v) is 9.49. The summed E-state index contributed by atoms with van der Waals surface area (Å²) in [5, 5.41) is 11.6. The van der Waals surface area contributed by atoms with E-state index in [1.54, 1.807) is 30.0 Å². The van der Waals surface area contributed by atoms with Crippen LogP contribution in [0.1, 0.15) is 12.7 Å². The van der Waals surface area contributed by atoms with E-state index < -0.39 is 0 Å². The highest BCUT2D eigenvalue weighted by Crippen LogP contribution is 2.30. The predicted octanol–water partition coefficient (Wildman–Crippen LogP) is 4.36. The predicted molar refractivity (Wildman–Crippen MR) is 125 cm³/mol. The summed E-state index contributed by atoms with van der Waals surface area (Å²) in [6.07, 6.45) is 3.11. The van der Waals surface area contributed by atoms with Crippen LogP contribution < -0.4 is 10.2 Å². The SMILES string of the molecule is CCSc1nnc(NC(=O)CSC2=N/C(=C/c3ccco3)C(=O)N2c2ccccc2)s1. The summed E-state index contributed by atoms with van der Waals surface area (Å²) in [5.74, 6) is 0.951. The molecular formula is C20H17N5O3S3. The van der Waals surface area contributed by atoms with Crippen LogP contribution in [0.3, 0.4) is 0 Å². The Kier molecular flexibility index (Phi) is 6.85. The first kappa shape index (κ1) is 21.3. The molecule has 0 radical (unpaired) electrons. The van der Waals surface area contributed by atoms with E-state index in [0.29, 0.717) is 21.7 Å². The summed E-state index contributed by atoms with van der Waals surface area (Å²) in [6, 6.07) is 12.7. The largest absolute Gasteiger partial charge is 0.465 e. The lowest BCUT2D eigenvalue weighted by Gasteiger charge is -2.17. The zero-order valence-corrected chi connectivity index (χ0v) is 18.8. The molecule has 0 bridgehead atoms. The fourth-order valence-electron chi connectivity index (χ4n) is 2.63. The minimum atomic E-state index is -0.282. The molecule has 0 unspecified atom stereocenters. The zero-order valence-electron chi connectivity index (χ0n) is 16.3. The maximum absolute atomic E-state index is 13.0. The van der Waals surface area contributed by atoms with Gasteiger partial charge in [0.15, 0.2) is 9.51 Å². The number of amidine groups is 1. The van der Waals surface area contributed by atoms with Gasteiger partial charge in [0.2, 0.25) is 11.0 Å². The van der Waals surface area contributed by atoms with Crippen molar-refractivity contribution in [2.75, 3.05) is 21.7 Å². The number of carbonyl (C=O) groups excluding carboxylic acids is 2. The Morgan fingerprint density at radius 2 is 2.03 bits per heavy atom. The number of aromatic nitrogens is 2. The summed E-state index contributed by atoms with van der Waals surface area (Å²) in [7, 11) is 0. The minimum Gasteiger partial charge on any atom is -0.465 e. The quantitative estimate of drug-likeness (QED) is 0.310. The van der Waals surface area contributed by atoms with Gasteiger partial charge in [0.25, 0.3) is 5.91 Å². The van der Waals surface area contributed by atoms with Crippen LogP contribution in [0, 0.1) is 0 Å². The molecule has 8 nitrogen and oxygen atoms in total. The third-order valence-corrected chi connectivity index (χ3v) is 6.71. The number of nitrogens with zero attached hydrogens (tertiary/aromatic N) is 4. The monoisotopic (exact) mass is 471 g/mol. The van der Waals surface area contributed by atoms with Gasteiger partial charge in [-0.2, -0.15) is 0 Å². The molecule has 0 fully saturated rings. The van der Waals surface area contributed by atoms with Crippen LogP contribution in [0.5, 0.6) is 0 Å². The van der Waals surface area contributed by atoms with Gasteiger partial charge in [0.1, 0.15) is 11.5 Å².